The molecule has 1 N–H and O–H groups in total. The van der Waals surface area contributed by atoms with Crippen molar-refractivity contribution in [3.8, 4) is 11.5 Å². The van der Waals surface area contributed by atoms with Gasteiger partial charge in [-0.25, -0.2) is 4.98 Å². The summed E-state index contributed by atoms with van der Waals surface area (Å²) in [6.45, 7) is 0.497. The summed E-state index contributed by atoms with van der Waals surface area (Å²) in [5, 5.41) is 2.60. The number of ether oxygens (including phenoxy) is 2. The van der Waals surface area contributed by atoms with E-state index in [1.54, 1.807) is 30.3 Å². The number of benzene rings is 2. The van der Waals surface area contributed by atoms with E-state index in [9.17, 15) is 18.0 Å². The highest BCUT2D eigenvalue weighted by Gasteiger charge is 2.38. The zero-order valence-electron chi connectivity index (χ0n) is 14.6. The maximum Gasteiger partial charge on any atom is 0.449 e. The number of nitrogens with one attached hydrogen (secondary N) is 1. The van der Waals surface area contributed by atoms with Crippen LogP contribution < -0.4 is 14.8 Å². The number of carbonyl (C=O) groups excluding carboxylic acids is 1. The molecule has 0 fully saturated rings. The van der Waals surface area contributed by atoms with Gasteiger partial charge in [-0.15, -0.1) is 0 Å². The van der Waals surface area contributed by atoms with Crippen LogP contribution in [0.3, 0.4) is 0 Å². The van der Waals surface area contributed by atoms with Gasteiger partial charge in [0.25, 0.3) is 0 Å². The molecule has 146 valence electrons. The molecule has 2 heterocycles. The number of aromatic nitrogens is 2. The van der Waals surface area contributed by atoms with Crippen LogP contribution in [0.2, 0.25) is 0 Å². The Bertz CT molecular complexity index is 1030. The van der Waals surface area contributed by atoms with E-state index in [0.29, 0.717) is 30.4 Å². The summed E-state index contributed by atoms with van der Waals surface area (Å²) in [5.41, 5.74) is 0.828. The van der Waals surface area contributed by atoms with E-state index >= 15 is 0 Å². The molecule has 0 radical (unpaired) electrons. The van der Waals surface area contributed by atoms with E-state index in [1.165, 1.54) is 12.1 Å². The highest BCUT2D eigenvalue weighted by Crippen LogP contribution is 2.33. The summed E-state index contributed by atoms with van der Waals surface area (Å²) >= 11 is 0. The lowest BCUT2D eigenvalue weighted by molar-refractivity contribution is -0.147. The Morgan fingerprint density at radius 1 is 1.11 bits per heavy atom. The second-order valence-corrected chi connectivity index (χ2v) is 6.27. The highest BCUT2D eigenvalue weighted by atomic mass is 19.4. The average molecular weight is 391 g/mol. The molecule has 0 aliphatic carbocycles. The van der Waals surface area contributed by atoms with Gasteiger partial charge in [0, 0.05) is 18.2 Å². The van der Waals surface area contributed by atoms with Crippen molar-refractivity contribution < 1.29 is 27.4 Å². The van der Waals surface area contributed by atoms with Gasteiger partial charge in [-0.05, 0) is 24.3 Å². The number of fused-ring (bicyclic) bond motifs is 2. The number of amides is 1. The second kappa shape index (κ2) is 7.06. The molecule has 3 aromatic rings. The van der Waals surface area contributed by atoms with Gasteiger partial charge in [0.05, 0.1) is 24.2 Å². The van der Waals surface area contributed by atoms with E-state index in [4.69, 9.17) is 9.47 Å². The van der Waals surface area contributed by atoms with Gasteiger partial charge in [0.2, 0.25) is 11.7 Å². The lowest BCUT2D eigenvalue weighted by atomic mass is 10.2. The first-order valence-electron chi connectivity index (χ1n) is 8.64. The Labute approximate surface area is 157 Å². The number of nitrogens with zero attached hydrogens (tertiary/aromatic N) is 2. The van der Waals surface area contributed by atoms with Crippen molar-refractivity contribution in [1.82, 2.24) is 9.55 Å². The molecule has 0 saturated carbocycles. The number of anilines is 1. The minimum Gasteiger partial charge on any atom is -0.490 e. The van der Waals surface area contributed by atoms with Crippen LogP contribution in [0, 0.1) is 0 Å². The number of rotatable bonds is 3. The Morgan fingerprint density at radius 3 is 2.64 bits per heavy atom. The van der Waals surface area contributed by atoms with E-state index in [-0.39, 0.29) is 11.0 Å². The summed E-state index contributed by atoms with van der Waals surface area (Å²) in [5.74, 6) is -0.666. The second-order valence-electron chi connectivity index (χ2n) is 6.27. The van der Waals surface area contributed by atoms with E-state index in [0.717, 1.165) is 11.0 Å². The molecule has 0 spiro atoms. The molecule has 4 rings (SSSR count). The van der Waals surface area contributed by atoms with Crippen molar-refractivity contribution in [2.24, 2.45) is 0 Å². The van der Waals surface area contributed by atoms with Gasteiger partial charge in [0.1, 0.15) is 6.54 Å². The van der Waals surface area contributed by atoms with E-state index in [2.05, 4.69) is 10.3 Å². The molecule has 0 saturated heterocycles. The van der Waals surface area contributed by atoms with Crippen molar-refractivity contribution in [2.45, 2.75) is 19.1 Å². The summed E-state index contributed by atoms with van der Waals surface area (Å²) in [6.07, 6.45) is -3.93. The summed E-state index contributed by atoms with van der Waals surface area (Å²) in [7, 11) is 0. The zero-order chi connectivity index (χ0) is 19.7. The third-order valence-corrected chi connectivity index (χ3v) is 4.24. The molecule has 28 heavy (non-hydrogen) atoms. The molecule has 1 aliphatic heterocycles. The van der Waals surface area contributed by atoms with Crippen LogP contribution in [-0.2, 0) is 17.5 Å². The lowest BCUT2D eigenvalue weighted by Gasteiger charge is -2.13. The number of hydrogen-bond donors (Lipinski definition) is 1. The number of alkyl halides is 3. The van der Waals surface area contributed by atoms with Crippen LogP contribution in [0.1, 0.15) is 12.2 Å². The minimum atomic E-state index is -4.67. The summed E-state index contributed by atoms with van der Waals surface area (Å²) in [4.78, 5) is 16.1. The van der Waals surface area contributed by atoms with Gasteiger partial charge in [0.15, 0.2) is 11.5 Å². The van der Waals surface area contributed by atoms with E-state index < -0.39 is 24.5 Å². The molecular formula is C19H16F3N3O3. The average Bonchev–Trinajstić information content (AvgIpc) is 2.86. The monoisotopic (exact) mass is 391 g/mol. The first-order valence-corrected chi connectivity index (χ1v) is 8.64. The molecular weight excluding hydrogens is 375 g/mol. The number of halogens is 3. The Hall–Kier alpha value is -3.23. The van der Waals surface area contributed by atoms with Crippen molar-refractivity contribution in [1.29, 1.82) is 0 Å². The van der Waals surface area contributed by atoms with Gasteiger partial charge >= 0.3 is 6.18 Å². The quantitative estimate of drug-likeness (QED) is 0.737. The van der Waals surface area contributed by atoms with Gasteiger partial charge < -0.3 is 19.4 Å². The van der Waals surface area contributed by atoms with Crippen LogP contribution in [0.4, 0.5) is 18.9 Å². The molecule has 0 unspecified atom stereocenters. The van der Waals surface area contributed by atoms with E-state index in [1.807, 2.05) is 0 Å². The smallest absolute Gasteiger partial charge is 0.449 e. The number of para-hydroxylation sites is 2. The predicted molar refractivity (Wildman–Crippen MR) is 95.4 cm³/mol. The van der Waals surface area contributed by atoms with Crippen molar-refractivity contribution in [3.05, 3.63) is 48.3 Å². The fourth-order valence-corrected chi connectivity index (χ4v) is 3.04. The Morgan fingerprint density at radius 2 is 1.86 bits per heavy atom. The Kier molecular flexibility index (Phi) is 4.58. The normalized spacial score (nSPS) is 14.0. The van der Waals surface area contributed by atoms with Crippen molar-refractivity contribution in [2.75, 3.05) is 18.5 Å². The Balaban J connectivity index is 1.58. The first kappa shape index (κ1) is 18.1. The molecule has 1 aromatic heterocycles. The van der Waals surface area contributed by atoms with Crippen molar-refractivity contribution in [3.63, 3.8) is 0 Å². The van der Waals surface area contributed by atoms with Crippen LogP contribution >= 0.6 is 0 Å². The van der Waals surface area contributed by atoms with Gasteiger partial charge in [-0.3, -0.25) is 4.79 Å². The SMILES string of the molecule is O=C(Cn1c(C(F)(F)F)nc2ccccc21)Nc1ccc2c(c1)OCCCO2. The van der Waals surface area contributed by atoms with Gasteiger partial charge in [-0.1, -0.05) is 12.1 Å². The molecule has 2 aromatic carbocycles. The van der Waals surface area contributed by atoms with Crippen LogP contribution in [-0.4, -0.2) is 28.7 Å². The van der Waals surface area contributed by atoms with Crippen LogP contribution in [0.25, 0.3) is 11.0 Å². The van der Waals surface area contributed by atoms with Gasteiger partial charge in [-0.2, -0.15) is 13.2 Å². The third-order valence-electron chi connectivity index (χ3n) is 4.24. The number of imidazole rings is 1. The fourth-order valence-electron chi connectivity index (χ4n) is 3.04. The minimum absolute atomic E-state index is 0.179. The van der Waals surface area contributed by atoms with Crippen LogP contribution in [0.15, 0.2) is 42.5 Å². The van der Waals surface area contributed by atoms with Crippen molar-refractivity contribution >= 4 is 22.6 Å². The maximum absolute atomic E-state index is 13.3. The molecule has 0 bridgehead atoms. The maximum atomic E-state index is 13.3. The highest BCUT2D eigenvalue weighted by molar-refractivity contribution is 5.92. The molecule has 6 nitrogen and oxygen atoms in total. The topological polar surface area (TPSA) is 65.4 Å². The molecule has 1 aliphatic rings. The predicted octanol–water partition coefficient (Wildman–Crippen LogP) is 3.86. The molecule has 1 amide bonds. The third kappa shape index (κ3) is 3.60. The lowest BCUT2D eigenvalue weighted by Crippen LogP contribution is -2.23. The molecule has 9 heteroatoms. The largest absolute Gasteiger partial charge is 0.490 e. The molecule has 0 atom stereocenters. The van der Waals surface area contributed by atoms with Crippen LogP contribution in [0.5, 0.6) is 11.5 Å². The first-order chi connectivity index (χ1) is 13.4. The fraction of sp³-hybridized carbons (Fsp3) is 0.263. The summed E-state index contributed by atoms with van der Waals surface area (Å²) < 4.78 is 52.0. The number of carbonyl (C=O) groups is 1. The zero-order valence-corrected chi connectivity index (χ0v) is 14.6. The standard InChI is InChI=1S/C19H16F3N3O3/c20-19(21,22)18-24-13-4-1-2-5-14(13)25(18)11-17(26)23-12-6-7-15-16(10-12)28-9-3-8-27-15/h1-2,4-7,10H,3,8-9,11H2,(H,23,26). The summed E-state index contributed by atoms with van der Waals surface area (Å²) in [6, 6.07) is 11.0. The number of hydrogen-bond acceptors (Lipinski definition) is 4.